The number of rotatable bonds is 10. The molecule has 0 bridgehead atoms. The number of carboxylic acids is 1. The van der Waals surface area contributed by atoms with E-state index in [4.69, 9.17) is 31.4 Å². The van der Waals surface area contributed by atoms with Gasteiger partial charge >= 0.3 is 5.97 Å². The Morgan fingerprint density at radius 1 is 0.932 bits per heavy atom. The number of halogens is 1. The van der Waals surface area contributed by atoms with Crippen LogP contribution in [0.2, 0.25) is 5.02 Å². The number of aromatic nitrogens is 2. The van der Waals surface area contributed by atoms with Gasteiger partial charge in [-0.3, -0.25) is 14.6 Å². The van der Waals surface area contributed by atoms with Crippen LogP contribution in [0.5, 0.6) is 11.6 Å². The molecule has 6 rings (SSSR count). The number of likely N-dealkylation sites (tertiary alicyclic amines) is 2. The van der Waals surface area contributed by atoms with E-state index in [2.05, 4.69) is 27.2 Å². The Morgan fingerprint density at radius 2 is 1.57 bits per heavy atom. The van der Waals surface area contributed by atoms with Gasteiger partial charge in [-0.15, -0.1) is 0 Å². The molecule has 0 atom stereocenters. The molecule has 4 heterocycles. The number of hydrogen-bond donors (Lipinski definition) is 3. The first kappa shape index (κ1) is 31.8. The maximum atomic E-state index is 11.3. The summed E-state index contributed by atoms with van der Waals surface area (Å²) >= 11 is 6.32. The van der Waals surface area contributed by atoms with Crippen molar-refractivity contribution in [2.45, 2.75) is 65.0 Å². The Morgan fingerprint density at radius 3 is 2.11 bits per heavy atom. The maximum absolute atomic E-state index is 11.3. The molecule has 2 aliphatic heterocycles. The number of phenols is 1. The average molecular weight is 620 g/mol. The molecule has 0 unspecified atom stereocenters. The number of carboxylic acid groups (broad SMARTS) is 1. The smallest absolute Gasteiger partial charge is 0.303 e. The van der Waals surface area contributed by atoms with Crippen LogP contribution in [0.1, 0.15) is 63.0 Å². The van der Waals surface area contributed by atoms with Crippen LogP contribution in [0.3, 0.4) is 0 Å². The number of ether oxygens (including phenoxy) is 1. The lowest BCUT2D eigenvalue weighted by Crippen LogP contribution is -2.20. The fraction of sp³-hybridized carbons (Fsp3) is 0.441. The maximum Gasteiger partial charge on any atom is 0.303 e. The first-order valence-corrected chi connectivity index (χ1v) is 15.9. The van der Waals surface area contributed by atoms with Gasteiger partial charge in [-0.2, -0.15) is 0 Å². The lowest BCUT2D eigenvalue weighted by Gasteiger charge is -2.22. The highest BCUT2D eigenvalue weighted by atomic mass is 35.5. The summed E-state index contributed by atoms with van der Waals surface area (Å²) in [5.74, 6) is 0.253. The minimum atomic E-state index is -0.693. The van der Waals surface area contributed by atoms with Crippen molar-refractivity contribution < 1.29 is 19.7 Å². The van der Waals surface area contributed by atoms with Crippen LogP contribution < -0.4 is 10.1 Å². The second-order valence-electron chi connectivity index (χ2n) is 11.6. The summed E-state index contributed by atoms with van der Waals surface area (Å²) < 4.78 is 5.43. The fourth-order valence-corrected chi connectivity index (χ4v) is 6.09. The Bertz CT molecular complexity index is 1560. The molecule has 0 saturated carbocycles. The summed E-state index contributed by atoms with van der Waals surface area (Å²) in [5.41, 5.74) is 5.96. The van der Waals surface area contributed by atoms with Crippen LogP contribution in [-0.2, 0) is 17.9 Å². The van der Waals surface area contributed by atoms with E-state index in [0.717, 1.165) is 96.5 Å². The topological polar surface area (TPSA) is 111 Å². The van der Waals surface area contributed by atoms with Crippen molar-refractivity contribution in [2.75, 3.05) is 38.6 Å². The molecule has 0 radical (unpaired) electrons. The summed E-state index contributed by atoms with van der Waals surface area (Å²) in [6.45, 7) is 7.75. The number of nitrogens with zero attached hydrogens (tertiary/aromatic N) is 4. The third kappa shape index (κ3) is 7.88. The van der Waals surface area contributed by atoms with Gasteiger partial charge in [0.25, 0.3) is 0 Å². The minimum Gasteiger partial charge on any atom is -0.507 e. The van der Waals surface area contributed by atoms with E-state index in [0.29, 0.717) is 23.1 Å². The zero-order chi connectivity index (χ0) is 31.1. The van der Waals surface area contributed by atoms with E-state index in [-0.39, 0.29) is 0 Å². The van der Waals surface area contributed by atoms with Crippen molar-refractivity contribution in [3.05, 3.63) is 58.6 Å². The zero-order valence-corrected chi connectivity index (χ0v) is 26.4. The second-order valence-corrected chi connectivity index (χ2v) is 12.0. The summed E-state index contributed by atoms with van der Waals surface area (Å²) in [7, 11) is 1.62. The standard InChI is InChI=1S/C29H32ClN5O2.C5H10O2/c1-37-26-9-8-24-28(33-26)27(23-7-6-21(30)16-25(23)32-24)31-22-14-19(17-34-10-2-3-11-34)29(36)20(15-22)18-35-12-4-5-13-35;1-2-3-4-5(6)7/h6-9,14-16,36H,2-5,10-13,17-18H2,1H3,(H,31,32);2-4H2,1H3,(H,6,7). The number of benzene rings is 2. The van der Waals surface area contributed by atoms with Gasteiger partial charge in [-0.25, -0.2) is 9.97 Å². The summed E-state index contributed by atoms with van der Waals surface area (Å²) in [6.07, 6.45) is 6.93. The van der Waals surface area contributed by atoms with E-state index < -0.39 is 5.97 Å². The summed E-state index contributed by atoms with van der Waals surface area (Å²) in [6, 6.07) is 13.6. The van der Waals surface area contributed by atoms with Crippen LogP contribution in [0.15, 0.2) is 42.5 Å². The number of aromatic hydroxyl groups is 1. The second kappa shape index (κ2) is 14.9. The third-order valence-corrected chi connectivity index (χ3v) is 8.47. The average Bonchev–Trinajstić information content (AvgIpc) is 3.73. The van der Waals surface area contributed by atoms with E-state index in [1.807, 2.05) is 37.3 Å². The van der Waals surface area contributed by atoms with Gasteiger partial charge in [0.2, 0.25) is 5.88 Å². The van der Waals surface area contributed by atoms with Gasteiger partial charge in [-0.05, 0) is 94.7 Å². The quantitative estimate of drug-likeness (QED) is 0.124. The molecule has 2 aromatic heterocycles. The van der Waals surface area contributed by atoms with Gasteiger partial charge < -0.3 is 20.3 Å². The van der Waals surface area contributed by atoms with Gasteiger partial charge in [0.15, 0.2) is 0 Å². The van der Waals surface area contributed by atoms with E-state index in [9.17, 15) is 9.90 Å². The van der Waals surface area contributed by atoms with Gasteiger partial charge in [-0.1, -0.05) is 24.9 Å². The lowest BCUT2D eigenvalue weighted by atomic mass is 10.0. The van der Waals surface area contributed by atoms with Gasteiger partial charge in [0.05, 0.1) is 23.8 Å². The first-order valence-electron chi connectivity index (χ1n) is 15.6. The van der Waals surface area contributed by atoms with Gasteiger partial charge in [0.1, 0.15) is 11.3 Å². The predicted octanol–water partition coefficient (Wildman–Crippen LogP) is 7.35. The van der Waals surface area contributed by atoms with Gasteiger partial charge in [0, 0.05) is 52.8 Å². The van der Waals surface area contributed by atoms with E-state index >= 15 is 0 Å². The zero-order valence-electron chi connectivity index (χ0n) is 25.6. The molecule has 2 fully saturated rings. The van der Waals surface area contributed by atoms with Crippen LogP contribution in [0.25, 0.3) is 21.9 Å². The SMILES string of the molecule is CCCCC(=O)O.COc1ccc2nc3cc(Cl)ccc3c(Nc3cc(CN4CCCC4)c(O)c(CN4CCCC4)c3)c2n1. The highest BCUT2D eigenvalue weighted by Gasteiger charge is 2.21. The number of fused-ring (bicyclic) bond motifs is 2. The van der Waals surface area contributed by atoms with Crippen molar-refractivity contribution in [3.8, 4) is 11.6 Å². The number of carbonyl (C=O) groups is 1. The molecule has 2 aromatic carbocycles. The van der Waals surface area contributed by atoms with Crippen molar-refractivity contribution in [2.24, 2.45) is 0 Å². The number of pyridine rings is 2. The highest BCUT2D eigenvalue weighted by molar-refractivity contribution is 6.31. The Hall–Kier alpha value is -3.66. The van der Waals surface area contributed by atoms with Crippen molar-refractivity contribution in [3.63, 3.8) is 0 Å². The molecular formula is C34H42ClN5O4. The van der Waals surface area contributed by atoms with Crippen LogP contribution >= 0.6 is 11.6 Å². The summed E-state index contributed by atoms with van der Waals surface area (Å²) in [5, 5.41) is 24.6. The predicted molar refractivity (Wildman–Crippen MR) is 176 cm³/mol. The van der Waals surface area contributed by atoms with Crippen molar-refractivity contribution in [1.82, 2.24) is 19.8 Å². The van der Waals surface area contributed by atoms with E-state index in [1.54, 1.807) is 7.11 Å². The number of aliphatic carboxylic acids is 1. The molecular weight excluding hydrogens is 578 g/mol. The molecule has 0 aliphatic carbocycles. The molecule has 4 aromatic rings. The first-order chi connectivity index (χ1) is 21.3. The normalized spacial score (nSPS) is 15.4. The largest absolute Gasteiger partial charge is 0.507 e. The number of hydrogen-bond acceptors (Lipinski definition) is 8. The minimum absolute atomic E-state index is 0.316. The number of unbranched alkanes of at least 4 members (excludes halogenated alkanes) is 1. The number of anilines is 2. The molecule has 234 valence electrons. The molecule has 10 heteroatoms. The molecule has 3 N–H and O–H groups in total. The lowest BCUT2D eigenvalue weighted by molar-refractivity contribution is -0.137. The Labute approximate surface area is 263 Å². The Kier molecular flexibility index (Phi) is 10.7. The number of nitrogens with one attached hydrogen (secondary N) is 1. The molecule has 9 nitrogen and oxygen atoms in total. The van der Waals surface area contributed by atoms with Crippen molar-refractivity contribution in [1.29, 1.82) is 0 Å². The highest BCUT2D eigenvalue weighted by Crippen LogP contribution is 2.37. The third-order valence-electron chi connectivity index (χ3n) is 8.23. The fourth-order valence-electron chi connectivity index (χ4n) is 5.92. The molecule has 2 saturated heterocycles. The van der Waals surface area contributed by atoms with Crippen molar-refractivity contribution >= 4 is 50.9 Å². The van der Waals surface area contributed by atoms with E-state index in [1.165, 1.54) is 25.7 Å². The molecule has 0 amide bonds. The summed E-state index contributed by atoms with van der Waals surface area (Å²) in [4.78, 5) is 24.2. The number of methoxy groups -OCH3 is 1. The molecule has 0 spiro atoms. The monoisotopic (exact) mass is 619 g/mol. The Balaban J connectivity index is 0.000000493. The van der Waals surface area contributed by atoms with Crippen LogP contribution in [-0.4, -0.2) is 69.2 Å². The molecule has 44 heavy (non-hydrogen) atoms. The van der Waals surface area contributed by atoms with Crippen LogP contribution in [0, 0.1) is 0 Å². The van der Waals surface area contributed by atoms with Crippen LogP contribution in [0.4, 0.5) is 11.4 Å². The molecule has 2 aliphatic rings. The number of phenolic OH excluding ortho intramolecular Hbond substituents is 1.